The lowest BCUT2D eigenvalue weighted by atomic mass is 10.1. The molecule has 3 aliphatic rings. The van der Waals surface area contributed by atoms with Gasteiger partial charge in [-0.25, -0.2) is 0 Å². The first-order valence-corrected chi connectivity index (χ1v) is 10.5. The number of carbonyl (C=O) groups is 2. The molecule has 0 aromatic heterocycles. The van der Waals surface area contributed by atoms with Crippen molar-refractivity contribution in [1.82, 2.24) is 15.1 Å². The van der Waals surface area contributed by atoms with Crippen molar-refractivity contribution in [3.8, 4) is 0 Å². The Balaban J connectivity index is 0.000000302. The fourth-order valence-corrected chi connectivity index (χ4v) is 4.14. The zero-order chi connectivity index (χ0) is 21.0. The molecule has 0 bridgehead atoms. The molecule has 0 radical (unpaired) electrons. The molecule has 4 unspecified atom stereocenters. The Morgan fingerprint density at radius 2 is 1.30 bits per heavy atom. The van der Waals surface area contributed by atoms with Gasteiger partial charge in [0.25, 0.3) is 11.8 Å². The fourth-order valence-electron chi connectivity index (χ4n) is 4.14. The zero-order valence-corrected chi connectivity index (χ0v) is 19.1. The van der Waals surface area contributed by atoms with E-state index in [9.17, 15) is 9.59 Å². The number of halogens is 1. The number of rotatable bonds is 3. The van der Waals surface area contributed by atoms with Crippen LogP contribution >= 0.6 is 12.4 Å². The minimum Gasteiger partial charge on any atom is -0.378 e. The molecule has 1 aromatic carbocycles. The van der Waals surface area contributed by atoms with Crippen LogP contribution in [0.2, 0.25) is 0 Å². The summed E-state index contributed by atoms with van der Waals surface area (Å²) in [5.74, 6) is -0.353. The predicted octanol–water partition coefficient (Wildman–Crippen LogP) is 2.20. The minimum absolute atomic E-state index is 0. The standard InChI is InChI=1S/C16H20N2O3.C6H13NO.ClH/c1-11-9-21-10-12(2)17(11)7-8-18-15(19)13-5-3-4-6-14(13)16(18)20;1-5-3-8-4-6(2)7-5;/h3-6,11-12H,7-10H2,1-2H3;5-7H,3-4H2,1-2H3;1H. The monoisotopic (exact) mass is 439 g/mol. The van der Waals surface area contributed by atoms with Crippen LogP contribution in [-0.4, -0.2) is 85.3 Å². The Morgan fingerprint density at radius 3 is 1.73 bits per heavy atom. The molecule has 2 fully saturated rings. The summed E-state index contributed by atoms with van der Waals surface area (Å²) < 4.78 is 10.7. The van der Waals surface area contributed by atoms with E-state index in [1.165, 1.54) is 4.90 Å². The van der Waals surface area contributed by atoms with Gasteiger partial charge in [0.1, 0.15) is 0 Å². The number of carbonyl (C=O) groups excluding carboxylic acids is 2. The van der Waals surface area contributed by atoms with Crippen molar-refractivity contribution in [2.24, 2.45) is 0 Å². The van der Waals surface area contributed by atoms with Gasteiger partial charge in [-0.3, -0.25) is 19.4 Å². The quantitative estimate of drug-likeness (QED) is 0.728. The lowest BCUT2D eigenvalue weighted by Crippen LogP contribution is -2.52. The molecule has 168 valence electrons. The van der Waals surface area contributed by atoms with Crippen LogP contribution in [0.25, 0.3) is 0 Å². The van der Waals surface area contributed by atoms with Crippen molar-refractivity contribution in [2.45, 2.75) is 51.9 Å². The fraction of sp³-hybridized carbons (Fsp3) is 0.636. The topological polar surface area (TPSA) is 71.1 Å². The van der Waals surface area contributed by atoms with E-state index in [1.807, 2.05) is 0 Å². The van der Waals surface area contributed by atoms with Crippen molar-refractivity contribution < 1.29 is 19.1 Å². The lowest BCUT2D eigenvalue weighted by molar-refractivity contribution is -0.0380. The molecule has 4 atom stereocenters. The summed E-state index contributed by atoms with van der Waals surface area (Å²) in [4.78, 5) is 28.3. The highest BCUT2D eigenvalue weighted by atomic mass is 35.5. The second kappa shape index (κ2) is 11.2. The van der Waals surface area contributed by atoms with Crippen LogP contribution in [0.15, 0.2) is 24.3 Å². The van der Waals surface area contributed by atoms with E-state index in [4.69, 9.17) is 9.47 Å². The van der Waals surface area contributed by atoms with Gasteiger partial charge >= 0.3 is 0 Å². The number of ether oxygens (including phenoxy) is 2. The molecule has 8 heteroatoms. The highest BCUT2D eigenvalue weighted by Crippen LogP contribution is 2.22. The highest BCUT2D eigenvalue weighted by Gasteiger charge is 2.36. The second-order valence-electron chi connectivity index (χ2n) is 8.29. The summed E-state index contributed by atoms with van der Waals surface area (Å²) in [7, 11) is 0. The Hall–Kier alpha value is -1.51. The molecule has 0 saturated carbocycles. The molecule has 1 aromatic rings. The summed E-state index contributed by atoms with van der Waals surface area (Å²) in [6, 6.07) is 8.72. The number of benzene rings is 1. The van der Waals surface area contributed by atoms with E-state index in [0.29, 0.717) is 61.6 Å². The summed E-state index contributed by atoms with van der Waals surface area (Å²) in [5.41, 5.74) is 1.04. The Morgan fingerprint density at radius 1 is 0.833 bits per heavy atom. The van der Waals surface area contributed by atoms with Crippen LogP contribution < -0.4 is 5.32 Å². The third-order valence-electron chi connectivity index (χ3n) is 5.62. The Bertz CT molecular complexity index is 679. The molecule has 7 nitrogen and oxygen atoms in total. The van der Waals surface area contributed by atoms with Crippen molar-refractivity contribution >= 4 is 24.2 Å². The molecule has 1 N–H and O–H groups in total. The molecular weight excluding hydrogens is 406 g/mol. The molecule has 30 heavy (non-hydrogen) atoms. The first kappa shape index (κ1) is 24.8. The number of nitrogens with zero attached hydrogens (tertiary/aromatic N) is 2. The third-order valence-corrected chi connectivity index (χ3v) is 5.62. The van der Waals surface area contributed by atoms with Gasteiger partial charge in [0, 0.05) is 37.3 Å². The predicted molar refractivity (Wildman–Crippen MR) is 118 cm³/mol. The minimum atomic E-state index is -0.177. The molecular formula is C22H34ClN3O4. The largest absolute Gasteiger partial charge is 0.378 e. The van der Waals surface area contributed by atoms with Crippen LogP contribution in [0.5, 0.6) is 0 Å². The van der Waals surface area contributed by atoms with Gasteiger partial charge in [0.15, 0.2) is 0 Å². The number of imide groups is 1. The van der Waals surface area contributed by atoms with Crippen LogP contribution in [0.4, 0.5) is 0 Å². The molecule has 0 aliphatic carbocycles. The Labute approximate surface area is 185 Å². The smallest absolute Gasteiger partial charge is 0.261 e. The van der Waals surface area contributed by atoms with Gasteiger partial charge in [-0.15, -0.1) is 12.4 Å². The number of fused-ring (bicyclic) bond motifs is 1. The van der Waals surface area contributed by atoms with Gasteiger partial charge in [-0.2, -0.15) is 0 Å². The normalized spacial score (nSPS) is 29.0. The van der Waals surface area contributed by atoms with Gasteiger partial charge in [-0.05, 0) is 39.8 Å². The van der Waals surface area contributed by atoms with E-state index >= 15 is 0 Å². The van der Waals surface area contributed by atoms with E-state index in [1.54, 1.807) is 24.3 Å². The maximum absolute atomic E-state index is 12.3. The van der Waals surface area contributed by atoms with Gasteiger partial charge in [0.05, 0.1) is 37.6 Å². The van der Waals surface area contributed by atoms with E-state index < -0.39 is 0 Å². The molecule has 2 saturated heterocycles. The van der Waals surface area contributed by atoms with Crippen molar-refractivity contribution in [3.05, 3.63) is 35.4 Å². The molecule has 4 rings (SSSR count). The summed E-state index contributed by atoms with van der Waals surface area (Å²) >= 11 is 0. The maximum atomic E-state index is 12.3. The molecule has 0 spiro atoms. The molecule has 3 aliphatic heterocycles. The average molecular weight is 440 g/mol. The number of morpholine rings is 2. The van der Waals surface area contributed by atoms with Crippen molar-refractivity contribution in [1.29, 1.82) is 0 Å². The van der Waals surface area contributed by atoms with Gasteiger partial charge < -0.3 is 14.8 Å². The summed E-state index contributed by atoms with van der Waals surface area (Å²) in [5, 5.41) is 3.35. The third kappa shape index (κ3) is 5.80. The average Bonchev–Trinajstić information content (AvgIpc) is 2.93. The first-order valence-electron chi connectivity index (χ1n) is 10.5. The molecule has 3 heterocycles. The van der Waals surface area contributed by atoms with E-state index in [2.05, 4.69) is 37.9 Å². The van der Waals surface area contributed by atoms with Crippen molar-refractivity contribution in [2.75, 3.05) is 39.5 Å². The van der Waals surface area contributed by atoms with E-state index in [0.717, 1.165) is 13.2 Å². The van der Waals surface area contributed by atoms with Crippen LogP contribution in [0.3, 0.4) is 0 Å². The SMILES string of the molecule is CC1COCC(C)N1.CC1COCC(C)N1CCN1C(=O)c2ccccc2C1=O.Cl. The number of amides is 2. The van der Waals surface area contributed by atoms with E-state index in [-0.39, 0.29) is 24.2 Å². The summed E-state index contributed by atoms with van der Waals surface area (Å²) in [6.45, 7) is 12.7. The Kier molecular flexibility index (Phi) is 9.25. The number of nitrogens with one attached hydrogen (secondary N) is 1. The first-order chi connectivity index (χ1) is 13.9. The highest BCUT2D eigenvalue weighted by molar-refractivity contribution is 6.21. The lowest BCUT2D eigenvalue weighted by Gasteiger charge is -2.39. The van der Waals surface area contributed by atoms with Crippen LogP contribution in [0.1, 0.15) is 48.4 Å². The van der Waals surface area contributed by atoms with Gasteiger partial charge in [-0.1, -0.05) is 12.1 Å². The van der Waals surface area contributed by atoms with Gasteiger partial charge in [0.2, 0.25) is 0 Å². The van der Waals surface area contributed by atoms with Crippen LogP contribution in [0, 0.1) is 0 Å². The van der Waals surface area contributed by atoms with Crippen LogP contribution in [-0.2, 0) is 9.47 Å². The maximum Gasteiger partial charge on any atom is 0.261 e. The molecule has 2 amide bonds. The number of hydrogen-bond acceptors (Lipinski definition) is 6. The summed E-state index contributed by atoms with van der Waals surface area (Å²) in [6.07, 6.45) is 0. The second-order valence-corrected chi connectivity index (χ2v) is 8.29. The number of hydrogen-bond donors (Lipinski definition) is 1. The zero-order valence-electron chi connectivity index (χ0n) is 18.3. The van der Waals surface area contributed by atoms with Crippen molar-refractivity contribution in [3.63, 3.8) is 0 Å².